The smallest absolute Gasteiger partial charge is 0.241 e. The highest BCUT2D eigenvalue weighted by molar-refractivity contribution is 5.94. The van der Waals surface area contributed by atoms with Gasteiger partial charge in [-0.3, -0.25) is 10.1 Å². The maximum atomic E-state index is 12.7. The third kappa shape index (κ3) is 5.55. The van der Waals surface area contributed by atoms with Crippen LogP contribution in [0.3, 0.4) is 0 Å². The minimum atomic E-state index is -0.322. The lowest BCUT2D eigenvalue weighted by atomic mass is 10.0. The van der Waals surface area contributed by atoms with E-state index in [1.807, 2.05) is 37.3 Å². The van der Waals surface area contributed by atoms with Crippen molar-refractivity contribution in [1.82, 2.24) is 5.32 Å². The first-order valence-electron chi connectivity index (χ1n) is 11.3. The first kappa shape index (κ1) is 22.1. The molecule has 0 aromatic heterocycles. The van der Waals surface area contributed by atoms with E-state index in [-0.39, 0.29) is 18.0 Å². The molecular weight excluding hydrogens is 398 g/mol. The molecule has 2 unspecified atom stereocenters. The predicted molar refractivity (Wildman–Crippen MR) is 131 cm³/mol. The highest BCUT2D eigenvalue weighted by Gasteiger charge is 2.17. The van der Waals surface area contributed by atoms with Gasteiger partial charge in [0.05, 0.1) is 19.3 Å². The van der Waals surface area contributed by atoms with E-state index in [1.165, 1.54) is 11.1 Å². The maximum Gasteiger partial charge on any atom is 0.241 e. The molecular formula is C27H31N3O2. The molecule has 1 aliphatic rings. The molecule has 5 heteroatoms. The van der Waals surface area contributed by atoms with Crippen LogP contribution in [-0.2, 0) is 9.53 Å². The Morgan fingerprint density at radius 2 is 1.47 bits per heavy atom. The molecule has 3 aromatic rings. The highest BCUT2D eigenvalue weighted by atomic mass is 16.5. The average Bonchev–Trinajstić information content (AvgIpc) is 2.85. The Morgan fingerprint density at radius 1 is 0.844 bits per heavy atom. The second kappa shape index (κ2) is 10.4. The number of benzene rings is 3. The Balaban J connectivity index is 1.31. The lowest BCUT2D eigenvalue weighted by Crippen LogP contribution is -2.39. The Bertz CT molecular complexity index is 997. The number of morpholine rings is 1. The van der Waals surface area contributed by atoms with E-state index in [4.69, 9.17) is 4.74 Å². The van der Waals surface area contributed by atoms with Gasteiger partial charge in [0, 0.05) is 30.5 Å². The molecule has 0 aliphatic carbocycles. The van der Waals surface area contributed by atoms with Crippen LogP contribution in [0.1, 0.15) is 25.5 Å². The molecule has 2 N–H and O–H groups in total. The summed E-state index contributed by atoms with van der Waals surface area (Å²) in [5.74, 6) is -0.0446. The van der Waals surface area contributed by atoms with Crippen molar-refractivity contribution in [2.45, 2.75) is 25.9 Å². The molecule has 1 amide bonds. The second-order valence-corrected chi connectivity index (χ2v) is 8.23. The first-order valence-corrected chi connectivity index (χ1v) is 11.3. The quantitative estimate of drug-likeness (QED) is 0.563. The summed E-state index contributed by atoms with van der Waals surface area (Å²) in [6.45, 7) is 7.29. The number of carbonyl (C=O) groups excluding carboxylic acids is 1. The van der Waals surface area contributed by atoms with Gasteiger partial charge in [-0.05, 0) is 54.8 Å². The normalized spacial score (nSPS) is 15.8. The summed E-state index contributed by atoms with van der Waals surface area (Å²) in [5.41, 5.74) is 5.50. The average molecular weight is 430 g/mol. The monoisotopic (exact) mass is 429 g/mol. The number of ether oxygens (including phenoxy) is 1. The molecule has 4 rings (SSSR count). The molecule has 0 bridgehead atoms. The van der Waals surface area contributed by atoms with Crippen molar-refractivity contribution < 1.29 is 9.53 Å². The second-order valence-electron chi connectivity index (χ2n) is 8.23. The molecule has 1 saturated heterocycles. The SMILES string of the molecule is CC(NC(C)c1ccc(-c2ccccc2)cc1)C(=O)Nc1ccc(N2CCOCC2)cc1. The summed E-state index contributed by atoms with van der Waals surface area (Å²) >= 11 is 0. The Hall–Kier alpha value is -3.15. The van der Waals surface area contributed by atoms with E-state index >= 15 is 0 Å². The third-order valence-electron chi connectivity index (χ3n) is 5.92. The fourth-order valence-electron chi connectivity index (χ4n) is 3.97. The Kier molecular flexibility index (Phi) is 7.20. The summed E-state index contributed by atoms with van der Waals surface area (Å²) in [4.78, 5) is 15.0. The summed E-state index contributed by atoms with van der Waals surface area (Å²) < 4.78 is 5.41. The van der Waals surface area contributed by atoms with Crippen molar-refractivity contribution >= 4 is 17.3 Å². The third-order valence-corrected chi connectivity index (χ3v) is 5.92. The number of hydrogen-bond donors (Lipinski definition) is 2. The van der Waals surface area contributed by atoms with Crippen molar-refractivity contribution in [2.75, 3.05) is 36.5 Å². The fraction of sp³-hybridized carbons (Fsp3) is 0.296. The van der Waals surface area contributed by atoms with Gasteiger partial charge in [0.2, 0.25) is 5.91 Å². The molecule has 1 fully saturated rings. The van der Waals surface area contributed by atoms with Crippen LogP contribution in [0.5, 0.6) is 0 Å². The zero-order valence-electron chi connectivity index (χ0n) is 18.8. The van der Waals surface area contributed by atoms with Crippen molar-refractivity contribution in [3.05, 3.63) is 84.4 Å². The van der Waals surface area contributed by atoms with Gasteiger partial charge in [-0.15, -0.1) is 0 Å². The van der Waals surface area contributed by atoms with E-state index in [1.54, 1.807) is 0 Å². The molecule has 2 atom stereocenters. The first-order chi connectivity index (χ1) is 15.6. The summed E-state index contributed by atoms with van der Waals surface area (Å²) in [6.07, 6.45) is 0. The lowest BCUT2D eigenvalue weighted by molar-refractivity contribution is -0.117. The molecule has 5 nitrogen and oxygen atoms in total. The van der Waals surface area contributed by atoms with Gasteiger partial charge in [0.1, 0.15) is 0 Å². The largest absolute Gasteiger partial charge is 0.378 e. The van der Waals surface area contributed by atoms with Crippen LogP contribution >= 0.6 is 0 Å². The van der Waals surface area contributed by atoms with Gasteiger partial charge in [-0.2, -0.15) is 0 Å². The zero-order chi connectivity index (χ0) is 22.3. The van der Waals surface area contributed by atoms with Crippen LogP contribution in [0.15, 0.2) is 78.9 Å². The molecule has 0 spiro atoms. The standard InChI is InChI=1S/C27H31N3O2/c1-20(22-8-10-24(11-9-22)23-6-4-3-5-7-23)28-21(2)27(31)29-25-12-14-26(15-13-25)30-16-18-32-19-17-30/h3-15,20-21,28H,16-19H2,1-2H3,(H,29,31). The van der Waals surface area contributed by atoms with Crippen LogP contribution in [0.2, 0.25) is 0 Å². The number of anilines is 2. The van der Waals surface area contributed by atoms with Gasteiger partial charge in [0.25, 0.3) is 0 Å². The van der Waals surface area contributed by atoms with E-state index in [0.29, 0.717) is 0 Å². The molecule has 1 aliphatic heterocycles. The van der Waals surface area contributed by atoms with Gasteiger partial charge < -0.3 is 15.0 Å². The molecule has 0 radical (unpaired) electrons. The van der Waals surface area contributed by atoms with Gasteiger partial charge in [-0.1, -0.05) is 54.6 Å². The topological polar surface area (TPSA) is 53.6 Å². The van der Waals surface area contributed by atoms with Crippen molar-refractivity contribution in [1.29, 1.82) is 0 Å². The lowest BCUT2D eigenvalue weighted by Gasteiger charge is -2.29. The van der Waals surface area contributed by atoms with Crippen LogP contribution in [0, 0.1) is 0 Å². The fourth-order valence-corrected chi connectivity index (χ4v) is 3.97. The number of nitrogens with one attached hydrogen (secondary N) is 2. The molecule has 1 heterocycles. The number of nitrogens with zero attached hydrogens (tertiary/aromatic N) is 1. The molecule has 166 valence electrons. The minimum absolute atomic E-state index is 0.0446. The maximum absolute atomic E-state index is 12.7. The van der Waals surface area contributed by atoms with Gasteiger partial charge in [-0.25, -0.2) is 0 Å². The summed E-state index contributed by atoms with van der Waals surface area (Å²) in [6, 6.07) is 26.6. The van der Waals surface area contributed by atoms with E-state index in [9.17, 15) is 4.79 Å². The van der Waals surface area contributed by atoms with Crippen LogP contribution in [-0.4, -0.2) is 38.3 Å². The summed E-state index contributed by atoms with van der Waals surface area (Å²) in [7, 11) is 0. The number of hydrogen-bond acceptors (Lipinski definition) is 4. The minimum Gasteiger partial charge on any atom is -0.378 e. The highest BCUT2D eigenvalue weighted by Crippen LogP contribution is 2.22. The van der Waals surface area contributed by atoms with Crippen molar-refractivity contribution in [2.24, 2.45) is 0 Å². The van der Waals surface area contributed by atoms with Crippen molar-refractivity contribution in [3.63, 3.8) is 0 Å². The van der Waals surface area contributed by atoms with Crippen LogP contribution in [0.25, 0.3) is 11.1 Å². The summed E-state index contributed by atoms with van der Waals surface area (Å²) in [5, 5.41) is 6.42. The number of amides is 1. The zero-order valence-corrected chi connectivity index (χ0v) is 18.8. The van der Waals surface area contributed by atoms with Gasteiger partial charge in [0.15, 0.2) is 0 Å². The van der Waals surface area contributed by atoms with Crippen molar-refractivity contribution in [3.8, 4) is 11.1 Å². The number of rotatable bonds is 7. The Labute approximate surface area is 190 Å². The molecule has 32 heavy (non-hydrogen) atoms. The van der Waals surface area contributed by atoms with E-state index < -0.39 is 0 Å². The number of carbonyl (C=O) groups is 1. The van der Waals surface area contributed by atoms with Gasteiger partial charge >= 0.3 is 0 Å². The Morgan fingerprint density at radius 3 is 2.12 bits per heavy atom. The van der Waals surface area contributed by atoms with Crippen LogP contribution in [0.4, 0.5) is 11.4 Å². The van der Waals surface area contributed by atoms with E-state index in [0.717, 1.165) is 43.2 Å². The molecule has 0 saturated carbocycles. The predicted octanol–water partition coefficient (Wildman–Crippen LogP) is 4.87. The molecule has 3 aromatic carbocycles. The van der Waals surface area contributed by atoms with Crippen LogP contribution < -0.4 is 15.5 Å². The van der Waals surface area contributed by atoms with E-state index in [2.05, 4.69) is 71.0 Å².